The molecule has 0 aliphatic rings. The van der Waals surface area contributed by atoms with E-state index >= 15 is 0 Å². The second-order valence-corrected chi connectivity index (χ2v) is 3.98. The molecule has 0 amide bonds. The third-order valence-corrected chi connectivity index (χ3v) is 3.06. The van der Waals surface area contributed by atoms with E-state index in [1.54, 1.807) is 0 Å². The van der Waals surface area contributed by atoms with E-state index < -0.39 is 0 Å². The van der Waals surface area contributed by atoms with E-state index in [0.717, 1.165) is 23.6 Å². The molecule has 1 rings (SSSR count). The molecule has 1 aromatic rings. The van der Waals surface area contributed by atoms with Crippen LogP contribution in [0.5, 0.6) is 0 Å². The van der Waals surface area contributed by atoms with Gasteiger partial charge in [0.2, 0.25) is 0 Å². The van der Waals surface area contributed by atoms with Gasteiger partial charge in [0.25, 0.3) is 0 Å². The minimum atomic E-state index is 0.713. The van der Waals surface area contributed by atoms with Crippen LogP contribution in [0.4, 0.5) is 0 Å². The Morgan fingerprint density at radius 1 is 1.36 bits per heavy atom. The van der Waals surface area contributed by atoms with Crippen LogP contribution in [0.15, 0.2) is 0 Å². The zero-order valence-electron chi connectivity index (χ0n) is 9.21. The molecule has 0 spiro atoms. The predicted molar refractivity (Wildman–Crippen MR) is 60.9 cm³/mol. The smallest absolute Gasteiger partial charge is 0.195 e. The maximum absolute atomic E-state index is 5.20. The molecule has 3 nitrogen and oxygen atoms in total. The molecule has 0 aliphatic heterocycles. The molecule has 0 unspecified atom stereocenters. The largest absolute Gasteiger partial charge is 0.304 e. The van der Waals surface area contributed by atoms with E-state index in [1.807, 2.05) is 0 Å². The van der Waals surface area contributed by atoms with Crippen LogP contribution in [-0.2, 0) is 13.0 Å². The van der Waals surface area contributed by atoms with Crippen molar-refractivity contribution in [2.75, 3.05) is 0 Å². The molecule has 0 saturated heterocycles. The number of H-pyrrole nitrogens is 1. The first-order valence-corrected chi connectivity index (χ1v) is 5.77. The molecule has 0 atom stereocenters. The summed E-state index contributed by atoms with van der Waals surface area (Å²) < 4.78 is 2.89. The molecular weight excluding hydrogens is 194 g/mol. The summed E-state index contributed by atoms with van der Waals surface area (Å²) in [7, 11) is 0. The third kappa shape index (κ3) is 2.44. The Labute approximate surface area is 90.5 Å². The van der Waals surface area contributed by atoms with Crippen LogP contribution in [0.2, 0.25) is 0 Å². The molecule has 4 heteroatoms. The Balaban J connectivity index is 2.83. The maximum atomic E-state index is 5.20. The molecule has 14 heavy (non-hydrogen) atoms. The van der Waals surface area contributed by atoms with Crippen LogP contribution in [0.1, 0.15) is 39.4 Å². The summed E-state index contributed by atoms with van der Waals surface area (Å²) in [4.78, 5) is 0. The van der Waals surface area contributed by atoms with Crippen molar-refractivity contribution in [1.29, 1.82) is 0 Å². The highest BCUT2D eigenvalue weighted by atomic mass is 32.1. The Bertz CT molecular complexity index is 322. The lowest BCUT2D eigenvalue weighted by molar-refractivity contribution is 0.409. The lowest BCUT2D eigenvalue weighted by atomic mass is 10.0. The van der Waals surface area contributed by atoms with E-state index in [0.29, 0.717) is 5.92 Å². The van der Waals surface area contributed by atoms with Crippen molar-refractivity contribution in [1.82, 2.24) is 14.8 Å². The zero-order valence-corrected chi connectivity index (χ0v) is 10.0. The molecule has 0 radical (unpaired) electrons. The van der Waals surface area contributed by atoms with Gasteiger partial charge in [-0.05, 0) is 18.1 Å². The second kappa shape index (κ2) is 5.29. The van der Waals surface area contributed by atoms with Crippen molar-refractivity contribution in [2.45, 2.75) is 46.6 Å². The molecule has 0 bridgehead atoms. The average Bonchev–Trinajstić information content (AvgIpc) is 2.56. The molecular formula is C10H19N3S. The first-order valence-electron chi connectivity index (χ1n) is 5.36. The topological polar surface area (TPSA) is 33.6 Å². The standard InChI is InChI=1S/C10H19N3S/c1-4-8(5-2)7-13-9(6-3)11-12-10(13)14/h8H,4-7H2,1-3H3,(H,12,14). The molecule has 1 N–H and O–H groups in total. The minimum Gasteiger partial charge on any atom is -0.304 e. The number of hydrogen-bond donors (Lipinski definition) is 1. The van der Waals surface area contributed by atoms with Crippen LogP contribution in [-0.4, -0.2) is 14.8 Å². The molecule has 80 valence electrons. The molecule has 0 saturated carbocycles. The highest BCUT2D eigenvalue weighted by Crippen LogP contribution is 2.12. The fraction of sp³-hybridized carbons (Fsp3) is 0.800. The van der Waals surface area contributed by atoms with Crippen molar-refractivity contribution < 1.29 is 0 Å². The number of aromatic amines is 1. The van der Waals surface area contributed by atoms with E-state index in [-0.39, 0.29) is 0 Å². The van der Waals surface area contributed by atoms with Gasteiger partial charge in [-0.3, -0.25) is 5.10 Å². The molecule has 0 aliphatic carbocycles. The van der Waals surface area contributed by atoms with Gasteiger partial charge in [-0.1, -0.05) is 33.6 Å². The summed E-state index contributed by atoms with van der Waals surface area (Å²) in [6.45, 7) is 7.56. The van der Waals surface area contributed by atoms with Crippen LogP contribution in [0.25, 0.3) is 0 Å². The number of nitrogens with one attached hydrogen (secondary N) is 1. The fourth-order valence-corrected chi connectivity index (χ4v) is 1.84. The van der Waals surface area contributed by atoms with Crippen LogP contribution in [0.3, 0.4) is 0 Å². The normalized spacial score (nSPS) is 11.1. The lowest BCUT2D eigenvalue weighted by Gasteiger charge is -2.13. The second-order valence-electron chi connectivity index (χ2n) is 3.59. The van der Waals surface area contributed by atoms with Gasteiger partial charge in [0.15, 0.2) is 4.77 Å². The van der Waals surface area contributed by atoms with Gasteiger partial charge in [-0.15, -0.1) is 0 Å². The zero-order chi connectivity index (χ0) is 10.6. The van der Waals surface area contributed by atoms with E-state index in [1.165, 1.54) is 12.8 Å². The molecule has 0 fully saturated rings. The first-order chi connectivity index (χ1) is 6.72. The first kappa shape index (κ1) is 11.4. The predicted octanol–water partition coefficient (Wildman–Crippen LogP) is 2.94. The van der Waals surface area contributed by atoms with Crippen molar-refractivity contribution in [3.8, 4) is 0 Å². The van der Waals surface area contributed by atoms with Crippen LogP contribution >= 0.6 is 12.2 Å². The van der Waals surface area contributed by atoms with Crippen molar-refractivity contribution >= 4 is 12.2 Å². The van der Waals surface area contributed by atoms with Crippen LogP contribution < -0.4 is 0 Å². The van der Waals surface area contributed by atoms with Gasteiger partial charge < -0.3 is 4.57 Å². The number of rotatable bonds is 5. The van der Waals surface area contributed by atoms with Gasteiger partial charge in [-0.25, -0.2) is 0 Å². The summed E-state index contributed by atoms with van der Waals surface area (Å²) in [5.41, 5.74) is 0. The quantitative estimate of drug-likeness (QED) is 0.763. The molecule has 1 heterocycles. The van der Waals surface area contributed by atoms with E-state index in [4.69, 9.17) is 12.2 Å². The SMILES string of the molecule is CCc1n[nH]c(=S)n1CC(CC)CC. The number of hydrogen-bond acceptors (Lipinski definition) is 2. The summed E-state index contributed by atoms with van der Waals surface area (Å²) in [5, 5.41) is 7.06. The summed E-state index contributed by atoms with van der Waals surface area (Å²) in [5.74, 6) is 1.78. The summed E-state index contributed by atoms with van der Waals surface area (Å²) in [6.07, 6.45) is 3.34. The average molecular weight is 213 g/mol. The fourth-order valence-electron chi connectivity index (χ4n) is 1.61. The third-order valence-electron chi connectivity index (χ3n) is 2.75. The van der Waals surface area contributed by atoms with E-state index in [9.17, 15) is 0 Å². The summed E-state index contributed by atoms with van der Waals surface area (Å²) >= 11 is 5.20. The van der Waals surface area contributed by atoms with Crippen molar-refractivity contribution in [3.05, 3.63) is 10.6 Å². The number of aryl methyl sites for hydroxylation is 1. The van der Waals surface area contributed by atoms with Crippen LogP contribution in [0, 0.1) is 10.7 Å². The monoisotopic (exact) mass is 213 g/mol. The Morgan fingerprint density at radius 3 is 2.50 bits per heavy atom. The lowest BCUT2D eigenvalue weighted by Crippen LogP contribution is -2.11. The Morgan fingerprint density at radius 2 is 2.00 bits per heavy atom. The van der Waals surface area contributed by atoms with Crippen molar-refractivity contribution in [3.63, 3.8) is 0 Å². The van der Waals surface area contributed by atoms with E-state index in [2.05, 4.69) is 35.5 Å². The summed E-state index contributed by atoms with van der Waals surface area (Å²) in [6, 6.07) is 0. The molecule has 0 aromatic carbocycles. The molecule has 1 aromatic heterocycles. The van der Waals surface area contributed by atoms with Gasteiger partial charge in [-0.2, -0.15) is 5.10 Å². The van der Waals surface area contributed by atoms with Gasteiger partial charge in [0.05, 0.1) is 0 Å². The van der Waals surface area contributed by atoms with Gasteiger partial charge in [0, 0.05) is 13.0 Å². The maximum Gasteiger partial charge on any atom is 0.195 e. The highest BCUT2D eigenvalue weighted by Gasteiger charge is 2.09. The number of aromatic nitrogens is 3. The van der Waals surface area contributed by atoms with Crippen molar-refractivity contribution in [2.24, 2.45) is 5.92 Å². The highest BCUT2D eigenvalue weighted by molar-refractivity contribution is 7.71. The minimum absolute atomic E-state index is 0.713. The van der Waals surface area contributed by atoms with Gasteiger partial charge in [0.1, 0.15) is 5.82 Å². The Kier molecular flexibility index (Phi) is 4.32. The Hall–Kier alpha value is -0.640. The number of nitrogens with zero attached hydrogens (tertiary/aromatic N) is 2. The van der Waals surface area contributed by atoms with Gasteiger partial charge >= 0.3 is 0 Å².